The Kier molecular flexibility index (Phi) is 2.70. The second-order valence-electron chi connectivity index (χ2n) is 2.55. The zero-order valence-electron chi connectivity index (χ0n) is 6.62. The Labute approximate surface area is 65.8 Å². The Morgan fingerprint density at radius 1 is 1.82 bits per heavy atom. The van der Waals surface area contributed by atoms with Crippen molar-refractivity contribution in [2.24, 2.45) is 0 Å². The summed E-state index contributed by atoms with van der Waals surface area (Å²) < 4.78 is 4.73. The van der Waals surface area contributed by atoms with Crippen molar-refractivity contribution in [1.82, 2.24) is 4.90 Å². The Hall–Kier alpha value is -0.770. The molecule has 0 bridgehead atoms. The average Bonchev–Trinajstić information content (AvgIpc) is 2.40. The van der Waals surface area contributed by atoms with Gasteiger partial charge in [0.05, 0.1) is 19.2 Å². The van der Waals surface area contributed by atoms with Crippen molar-refractivity contribution in [2.75, 3.05) is 19.8 Å². The van der Waals surface area contributed by atoms with Crippen molar-refractivity contribution in [2.45, 2.75) is 19.4 Å². The molecule has 1 aliphatic heterocycles. The van der Waals surface area contributed by atoms with Crippen molar-refractivity contribution in [3.63, 3.8) is 0 Å². The van der Waals surface area contributed by atoms with Crippen molar-refractivity contribution >= 4 is 6.09 Å². The van der Waals surface area contributed by atoms with Crippen molar-refractivity contribution in [1.29, 1.82) is 0 Å². The van der Waals surface area contributed by atoms with E-state index in [1.54, 1.807) is 4.90 Å². The number of carbonyl (C=O) groups is 1. The number of aliphatic hydroxyl groups is 1. The summed E-state index contributed by atoms with van der Waals surface area (Å²) >= 11 is 0. The molecule has 0 aromatic heterocycles. The van der Waals surface area contributed by atoms with Gasteiger partial charge in [-0.15, -0.1) is 0 Å². The number of rotatable bonds is 3. The maximum atomic E-state index is 10.9. The van der Waals surface area contributed by atoms with E-state index >= 15 is 0 Å². The molecule has 64 valence electrons. The lowest BCUT2D eigenvalue weighted by Gasteiger charge is -2.21. The Balaban J connectivity index is 2.49. The number of hydrogen-bond donors (Lipinski definition) is 1. The van der Waals surface area contributed by atoms with Crippen LogP contribution in [0.4, 0.5) is 4.79 Å². The minimum absolute atomic E-state index is 0.0194. The van der Waals surface area contributed by atoms with E-state index in [1.807, 2.05) is 6.92 Å². The molecule has 1 atom stereocenters. The summed E-state index contributed by atoms with van der Waals surface area (Å²) in [6, 6.07) is -0.0648. The third kappa shape index (κ3) is 1.63. The van der Waals surface area contributed by atoms with Crippen molar-refractivity contribution in [3.05, 3.63) is 0 Å². The van der Waals surface area contributed by atoms with Gasteiger partial charge in [-0.3, -0.25) is 4.90 Å². The predicted molar refractivity (Wildman–Crippen MR) is 39.2 cm³/mol. The fourth-order valence-corrected chi connectivity index (χ4v) is 1.19. The molecule has 0 unspecified atom stereocenters. The van der Waals surface area contributed by atoms with Crippen LogP contribution in [0.1, 0.15) is 13.3 Å². The molecule has 0 aromatic rings. The Bertz CT molecular complexity index is 145. The van der Waals surface area contributed by atoms with Crippen LogP contribution in [0.5, 0.6) is 0 Å². The highest BCUT2D eigenvalue weighted by atomic mass is 16.6. The lowest BCUT2D eigenvalue weighted by molar-refractivity contribution is 0.124. The molecule has 1 aliphatic rings. The molecule has 1 amide bonds. The van der Waals surface area contributed by atoms with Gasteiger partial charge in [-0.05, 0) is 6.42 Å². The van der Waals surface area contributed by atoms with Crippen LogP contribution in [-0.4, -0.2) is 41.9 Å². The van der Waals surface area contributed by atoms with Crippen LogP contribution in [0.2, 0.25) is 0 Å². The minimum Gasteiger partial charge on any atom is -0.448 e. The lowest BCUT2D eigenvalue weighted by Crippen LogP contribution is -2.38. The molecule has 4 nitrogen and oxygen atoms in total. The van der Waals surface area contributed by atoms with Crippen LogP contribution >= 0.6 is 0 Å². The fraction of sp³-hybridized carbons (Fsp3) is 0.857. The summed E-state index contributed by atoms with van der Waals surface area (Å²) in [5, 5.41) is 8.85. The first-order valence-electron chi connectivity index (χ1n) is 3.83. The molecule has 1 N–H and O–H groups in total. The quantitative estimate of drug-likeness (QED) is 0.640. The molecule has 0 aromatic carbocycles. The van der Waals surface area contributed by atoms with Gasteiger partial charge in [-0.25, -0.2) is 4.79 Å². The number of aliphatic hydroxyl groups excluding tert-OH is 1. The summed E-state index contributed by atoms with van der Waals surface area (Å²) in [6.07, 6.45) is 0.469. The molecule has 0 spiro atoms. The normalized spacial score (nSPS) is 20.2. The van der Waals surface area contributed by atoms with E-state index in [0.717, 1.165) is 6.42 Å². The third-order valence-corrected chi connectivity index (χ3v) is 1.92. The predicted octanol–water partition coefficient (Wildman–Crippen LogP) is 0.210. The summed E-state index contributed by atoms with van der Waals surface area (Å²) in [5.74, 6) is 0. The van der Waals surface area contributed by atoms with Gasteiger partial charge in [0.25, 0.3) is 0 Å². The Morgan fingerprint density at radius 3 is 2.91 bits per heavy atom. The van der Waals surface area contributed by atoms with Crippen molar-refractivity contribution < 1.29 is 14.6 Å². The molecule has 1 fully saturated rings. The third-order valence-electron chi connectivity index (χ3n) is 1.92. The van der Waals surface area contributed by atoms with Crippen LogP contribution in [0.25, 0.3) is 0 Å². The smallest absolute Gasteiger partial charge is 0.410 e. The van der Waals surface area contributed by atoms with Crippen LogP contribution in [-0.2, 0) is 4.74 Å². The van der Waals surface area contributed by atoms with E-state index < -0.39 is 0 Å². The molecule has 0 radical (unpaired) electrons. The average molecular weight is 159 g/mol. The molecule has 1 heterocycles. The second kappa shape index (κ2) is 3.57. The molecular formula is C7H13NO3. The minimum atomic E-state index is -0.300. The molecule has 0 saturated carbocycles. The fourth-order valence-electron chi connectivity index (χ4n) is 1.19. The highest BCUT2D eigenvalue weighted by Gasteiger charge is 2.27. The van der Waals surface area contributed by atoms with Crippen LogP contribution in [0, 0.1) is 0 Å². The second-order valence-corrected chi connectivity index (χ2v) is 2.55. The number of nitrogens with zero attached hydrogens (tertiary/aromatic N) is 1. The summed E-state index contributed by atoms with van der Waals surface area (Å²) in [4.78, 5) is 12.5. The first-order valence-corrected chi connectivity index (χ1v) is 3.83. The van der Waals surface area contributed by atoms with Gasteiger partial charge in [0.1, 0.15) is 6.61 Å². The van der Waals surface area contributed by atoms with Crippen molar-refractivity contribution in [3.8, 4) is 0 Å². The molecule has 0 aliphatic carbocycles. The van der Waals surface area contributed by atoms with Gasteiger partial charge in [-0.2, -0.15) is 0 Å². The van der Waals surface area contributed by atoms with Gasteiger partial charge in [0.15, 0.2) is 0 Å². The SMILES string of the molecule is CC[C@H](CO)N1CCOC1=O. The molecule has 11 heavy (non-hydrogen) atoms. The van der Waals surface area contributed by atoms with Gasteiger partial charge in [0.2, 0.25) is 0 Å². The molecule has 4 heteroatoms. The van der Waals surface area contributed by atoms with E-state index in [9.17, 15) is 4.79 Å². The number of hydrogen-bond acceptors (Lipinski definition) is 3. The van der Waals surface area contributed by atoms with Crippen LogP contribution in [0.15, 0.2) is 0 Å². The van der Waals surface area contributed by atoms with E-state index in [2.05, 4.69) is 0 Å². The lowest BCUT2D eigenvalue weighted by atomic mass is 10.2. The highest BCUT2D eigenvalue weighted by Crippen LogP contribution is 2.10. The largest absolute Gasteiger partial charge is 0.448 e. The monoisotopic (exact) mass is 159 g/mol. The number of carbonyl (C=O) groups excluding carboxylic acids is 1. The maximum absolute atomic E-state index is 10.9. The van der Waals surface area contributed by atoms with E-state index in [1.165, 1.54) is 0 Å². The zero-order valence-corrected chi connectivity index (χ0v) is 6.62. The Morgan fingerprint density at radius 2 is 2.55 bits per heavy atom. The van der Waals surface area contributed by atoms with E-state index in [4.69, 9.17) is 9.84 Å². The summed E-state index contributed by atoms with van der Waals surface area (Å²) in [5.41, 5.74) is 0. The van der Waals surface area contributed by atoms with Crippen LogP contribution in [0.3, 0.4) is 0 Å². The van der Waals surface area contributed by atoms with Gasteiger partial charge >= 0.3 is 6.09 Å². The molecule has 1 saturated heterocycles. The van der Waals surface area contributed by atoms with Crippen LogP contribution < -0.4 is 0 Å². The molecular weight excluding hydrogens is 146 g/mol. The maximum Gasteiger partial charge on any atom is 0.410 e. The highest BCUT2D eigenvalue weighted by molar-refractivity contribution is 5.69. The topological polar surface area (TPSA) is 49.8 Å². The van der Waals surface area contributed by atoms with Gasteiger partial charge < -0.3 is 9.84 Å². The zero-order chi connectivity index (χ0) is 8.27. The number of amides is 1. The van der Waals surface area contributed by atoms with Gasteiger partial charge in [-0.1, -0.05) is 6.92 Å². The standard InChI is InChI=1S/C7H13NO3/c1-2-6(5-9)8-3-4-11-7(8)10/h6,9H,2-5H2,1H3/t6-/m1/s1. The van der Waals surface area contributed by atoms with Gasteiger partial charge in [0, 0.05) is 0 Å². The first kappa shape index (κ1) is 8.33. The number of cyclic esters (lactones) is 1. The van der Waals surface area contributed by atoms with E-state index in [-0.39, 0.29) is 18.7 Å². The summed E-state index contributed by atoms with van der Waals surface area (Å²) in [7, 11) is 0. The van der Waals surface area contributed by atoms with E-state index in [0.29, 0.717) is 13.2 Å². The molecule has 1 rings (SSSR count). The first-order chi connectivity index (χ1) is 5.29. The summed E-state index contributed by atoms with van der Waals surface area (Å²) in [6.45, 7) is 3.02. The number of ether oxygens (including phenoxy) is 1.